The Morgan fingerprint density at radius 2 is 1.03 bits per heavy atom. The Kier molecular flexibility index (Phi) is 13.8. The Morgan fingerprint density at radius 3 is 1.59 bits per heavy atom. The van der Waals surface area contributed by atoms with Crippen molar-refractivity contribution in [2.75, 3.05) is 0 Å². The number of hydrogen-bond acceptors (Lipinski definition) is 3. The summed E-state index contributed by atoms with van der Waals surface area (Å²) in [4.78, 5) is 12.2. The first-order valence-electron chi connectivity index (χ1n) is 11.7. The average molecular weight is 682 g/mol. The molecule has 39 heavy (non-hydrogen) atoms. The second-order valence-electron chi connectivity index (χ2n) is 8.49. The van der Waals surface area contributed by atoms with Gasteiger partial charge in [-0.1, -0.05) is 78.2 Å². The van der Waals surface area contributed by atoms with Gasteiger partial charge in [0.15, 0.2) is 0 Å². The Labute approximate surface area is 284 Å². The summed E-state index contributed by atoms with van der Waals surface area (Å²) in [6, 6.07) is 28.4. The second-order valence-corrected chi connectivity index (χ2v) is 8.90. The zero-order valence-corrected chi connectivity index (χ0v) is 27.8. The average Bonchev–Trinajstić information content (AvgIpc) is 2.94. The van der Waals surface area contributed by atoms with Crippen molar-refractivity contribution < 1.29 is 65.4 Å². The van der Waals surface area contributed by atoms with Crippen molar-refractivity contribution in [1.29, 1.82) is 0 Å². The molecule has 0 amide bonds. The minimum atomic E-state index is 0. The molecule has 6 aromatic rings. The molecule has 6 rings (SSSR count). The molecule has 8 heteroatoms. The minimum Gasteiger partial charge on any atom is -0.693 e. The number of nitrogens with one attached hydrogen (secondary N) is 1. The van der Waals surface area contributed by atoms with Gasteiger partial charge < -0.3 is 16.9 Å². The molecule has 0 atom stereocenters. The van der Waals surface area contributed by atoms with E-state index < -0.39 is 0 Å². The molecule has 0 saturated carbocycles. The van der Waals surface area contributed by atoms with E-state index in [-0.39, 0.29) is 71.6 Å². The van der Waals surface area contributed by atoms with Crippen LogP contribution in [0.5, 0.6) is 0 Å². The number of nitrogens with zero attached hydrogens (tertiary/aromatic N) is 3. The van der Waals surface area contributed by atoms with Crippen molar-refractivity contribution in [3.8, 4) is 0 Å². The molecule has 0 saturated heterocycles. The summed E-state index contributed by atoms with van der Waals surface area (Å²) in [5.74, 6) is 0.337. The smallest absolute Gasteiger partial charge is 0.0484 e. The number of nitrogens with two attached hydrogens (primary N) is 1. The van der Waals surface area contributed by atoms with Crippen molar-refractivity contribution >= 4 is 39.0 Å². The Morgan fingerprint density at radius 1 is 0.564 bits per heavy atom. The number of rotatable bonds is 4. The molecule has 0 unspecified atom stereocenters. The maximum atomic E-state index is 7.82. The number of hydrogen-bond donors (Lipinski definition) is 0. The first-order valence-corrected chi connectivity index (χ1v) is 12.1. The van der Waals surface area contributed by atoms with Gasteiger partial charge in [-0.3, -0.25) is 9.97 Å². The van der Waals surface area contributed by atoms with Gasteiger partial charge >= 0.3 is 0 Å². The standard InChI is InChI=1S/C16H12ClN.C15H12N3.H2N.2Y/c17-16-6-5-13(11-12-7-9-18-10-8-12)14-3-1-2-4-15(14)16;16-15-14-4-2-1-3-13(14)12(10-18-15)9-11-5-7-17-8-6-11;;;/h1-10H,11H2;1-8,10H,9H2,(H-,16,18);1H2;;/q;2*-1;;. The van der Waals surface area contributed by atoms with E-state index in [1.165, 1.54) is 22.1 Å². The van der Waals surface area contributed by atoms with Crippen LogP contribution in [-0.2, 0) is 78.3 Å². The topological polar surface area (TPSA) is 96.0 Å². The fourth-order valence-electron chi connectivity index (χ4n) is 4.31. The summed E-state index contributed by atoms with van der Waals surface area (Å²) in [7, 11) is 0. The van der Waals surface area contributed by atoms with Crippen molar-refractivity contribution in [2.24, 2.45) is 0 Å². The SMILES string of the molecule is Clc1ccc(Cc2ccncc2)c2ccccc12.[NH-]c1ncc(Cc2ccncc2)c2ccccc12.[NH2-].[Y].[Y]. The fourth-order valence-corrected chi connectivity index (χ4v) is 4.54. The van der Waals surface area contributed by atoms with Gasteiger partial charge in [-0.05, 0) is 81.6 Å². The number of halogens is 1. The summed E-state index contributed by atoms with van der Waals surface area (Å²) in [5, 5.41) is 5.16. The van der Waals surface area contributed by atoms with E-state index in [2.05, 4.69) is 39.2 Å². The number of fused-ring (bicyclic) bond motifs is 2. The third kappa shape index (κ3) is 8.44. The molecule has 0 aliphatic rings. The largest absolute Gasteiger partial charge is 0.693 e. The van der Waals surface area contributed by atoms with E-state index in [1.807, 2.05) is 73.1 Å². The molecule has 3 aromatic carbocycles. The summed E-state index contributed by atoms with van der Waals surface area (Å²) < 4.78 is 0. The van der Waals surface area contributed by atoms with Crippen LogP contribution in [0.2, 0.25) is 5.02 Å². The van der Waals surface area contributed by atoms with Crippen LogP contribution in [0.15, 0.2) is 116 Å². The number of benzene rings is 3. The van der Waals surface area contributed by atoms with Crippen molar-refractivity contribution in [2.45, 2.75) is 12.8 Å². The second kappa shape index (κ2) is 16.2. The molecule has 3 N–H and O–H groups in total. The number of aromatic nitrogens is 3. The van der Waals surface area contributed by atoms with Crippen molar-refractivity contribution in [3.05, 3.63) is 155 Å². The van der Waals surface area contributed by atoms with Crippen LogP contribution in [0.1, 0.15) is 22.3 Å². The Bertz CT molecular complexity index is 1490. The van der Waals surface area contributed by atoms with E-state index in [0.717, 1.165) is 39.6 Å². The van der Waals surface area contributed by atoms with Gasteiger partial charge in [-0.2, -0.15) is 0 Å². The van der Waals surface area contributed by atoms with Crippen molar-refractivity contribution in [3.63, 3.8) is 0 Å². The first-order chi connectivity index (χ1) is 17.7. The molecule has 190 valence electrons. The minimum absolute atomic E-state index is 0. The van der Waals surface area contributed by atoms with Crippen LogP contribution < -0.4 is 0 Å². The maximum absolute atomic E-state index is 7.82. The predicted molar refractivity (Wildman–Crippen MR) is 154 cm³/mol. The molecule has 0 aliphatic carbocycles. The monoisotopic (exact) mass is 681 g/mol. The van der Waals surface area contributed by atoms with Crippen LogP contribution >= 0.6 is 11.6 Å². The van der Waals surface area contributed by atoms with Gasteiger partial charge in [0, 0.05) is 101 Å². The molecular formula is C31H26ClN5Y2-2. The molecule has 5 nitrogen and oxygen atoms in total. The van der Waals surface area contributed by atoms with E-state index >= 15 is 0 Å². The van der Waals surface area contributed by atoms with Crippen molar-refractivity contribution in [1.82, 2.24) is 15.0 Å². The van der Waals surface area contributed by atoms with Gasteiger partial charge in [0.25, 0.3) is 0 Å². The summed E-state index contributed by atoms with van der Waals surface area (Å²) in [5.41, 5.74) is 12.7. The summed E-state index contributed by atoms with van der Waals surface area (Å²) >= 11 is 6.22. The van der Waals surface area contributed by atoms with Gasteiger partial charge in [-0.15, -0.1) is 0 Å². The van der Waals surface area contributed by atoms with Crippen LogP contribution in [0.25, 0.3) is 33.4 Å². The van der Waals surface area contributed by atoms with E-state index in [0.29, 0.717) is 5.82 Å². The summed E-state index contributed by atoms with van der Waals surface area (Å²) in [6.45, 7) is 0. The normalized spacial score (nSPS) is 9.87. The molecule has 0 spiro atoms. The molecule has 0 fully saturated rings. The molecular weight excluding hydrogens is 656 g/mol. The molecule has 3 heterocycles. The third-order valence-electron chi connectivity index (χ3n) is 6.13. The van der Waals surface area contributed by atoms with Crippen LogP contribution in [0, 0.1) is 0 Å². The predicted octanol–water partition coefficient (Wildman–Crippen LogP) is 9.10. The molecule has 2 radical (unpaired) electrons. The molecule has 3 aromatic heterocycles. The van der Waals surface area contributed by atoms with Crippen LogP contribution in [0.3, 0.4) is 0 Å². The number of pyridine rings is 3. The molecule has 0 aliphatic heterocycles. The fraction of sp³-hybridized carbons (Fsp3) is 0.0645. The van der Waals surface area contributed by atoms with Gasteiger partial charge in [0.1, 0.15) is 0 Å². The Hall–Kier alpha value is -2.11. The van der Waals surface area contributed by atoms with E-state index in [9.17, 15) is 0 Å². The first kappa shape index (κ1) is 33.1. The van der Waals surface area contributed by atoms with Gasteiger partial charge in [0.05, 0.1) is 0 Å². The van der Waals surface area contributed by atoms with Crippen LogP contribution in [0.4, 0.5) is 5.82 Å². The zero-order valence-electron chi connectivity index (χ0n) is 21.3. The van der Waals surface area contributed by atoms with Crippen LogP contribution in [-0.4, -0.2) is 15.0 Å². The Balaban J connectivity index is 0.000000254. The third-order valence-corrected chi connectivity index (χ3v) is 6.46. The molecule has 0 bridgehead atoms. The van der Waals surface area contributed by atoms with E-state index in [4.69, 9.17) is 17.3 Å². The maximum Gasteiger partial charge on any atom is 0.0484 e. The van der Waals surface area contributed by atoms with E-state index in [1.54, 1.807) is 18.6 Å². The summed E-state index contributed by atoms with van der Waals surface area (Å²) in [6.07, 6.45) is 10.8. The zero-order chi connectivity index (χ0) is 24.7. The van der Waals surface area contributed by atoms with Gasteiger partial charge in [-0.25, -0.2) is 0 Å². The van der Waals surface area contributed by atoms with Gasteiger partial charge in [0.2, 0.25) is 0 Å². The quantitative estimate of drug-likeness (QED) is 0.186.